The first kappa shape index (κ1) is 10.2. The molecular weight excluding hydrogens is 172 g/mol. The van der Waals surface area contributed by atoms with Gasteiger partial charge >= 0.3 is 0 Å². The molecule has 0 fully saturated rings. The van der Waals surface area contributed by atoms with Crippen LogP contribution < -0.4 is 5.32 Å². The summed E-state index contributed by atoms with van der Waals surface area (Å²) in [5.41, 5.74) is 0.766. The van der Waals surface area contributed by atoms with Crippen molar-refractivity contribution in [3.63, 3.8) is 0 Å². The molecule has 4 N–H and O–H groups in total. The van der Waals surface area contributed by atoms with Gasteiger partial charge in [-0.1, -0.05) is 0 Å². The minimum Gasteiger partial charge on any atom is -0.394 e. The molecular formula is C8H14N2O3. The zero-order chi connectivity index (χ0) is 9.68. The van der Waals surface area contributed by atoms with Gasteiger partial charge in [-0.3, -0.25) is 4.99 Å². The van der Waals surface area contributed by atoms with Crippen molar-refractivity contribution in [3.05, 3.63) is 12.4 Å². The van der Waals surface area contributed by atoms with E-state index in [0.717, 1.165) is 5.71 Å². The van der Waals surface area contributed by atoms with Gasteiger partial charge in [-0.25, -0.2) is 0 Å². The van der Waals surface area contributed by atoms with Crippen molar-refractivity contribution >= 4 is 5.71 Å². The molecule has 0 aromatic heterocycles. The van der Waals surface area contributed by atoms with Crippen LogP contribution in [0.25, 0.3) is 0 Å². The first-order chi connectivity index (χ1) is 6.24. The first-order valence-electron chi connectivity index (χ1n) is 4.15. The number of nitrogens with one attached hydrogen (secondary N) is 1. The van der Waals surface area contributed by atoms with Crippen LogP contribution in [0.3, 0.4) is 0 Å². The third-order valence-corrected chi connectivity index (χ3v) is 1.83. The molecule has 1 rings (SSSR count). The van der Waals surface area contributed by atoms with Crippen LogP contribution in [-0.4, -0.2) is 46.4 Å². The average molecular weight is 186 g/mol. The van der Waals surface area contributed by atoms with Gasteiger partial charge in [0.05, 0.1) is 19.3 Å². The standard InChI is InChI=1S/C8H14N2O3/c11-5-8(13)7(12)3-6-4-9-1-2-10-6/h1-2,7-9,11-13H,3-5H2/t7-,8-/m1/s1. The average Bonchev–Trinajstić information content (AvgIpc) is 2.18. The van der Waals surface area contributed by atoms with Gasteiger partial charge in [-0.05, 0) is 0 Å². The number of aliphatic hydroxyl groups excluding tert-OH is 3. The molecule has 1 aliphatic rings. The molecule has 0 aromatic rings. The maximum Gasteiger partial charge on any atom is 0.103 e. The topological polar surface area (TPSA) is 85.1 Å². The normalized spacial score (nSPS) is 20.4. The molecule has 0 aromatic carbocycles. The zero-order valence-electron chi connectivity index (χ0n) is 7.22. The molecule has 5 heteroatoms. The number of hydrogen-bond acceptors (Lipinski definition) is 5. The van der Waals surface area contributed by atoms with E-state index in [2.05, 4.69) is 10.3 Å². The molecule has 5 nitrogen and oxygen atoms in total. The lowest BCUT2D eigenvalue weighted by molar-refractivity contribution is -0.0100. The lowest BCUT2D eigenvalue weighted by Crippen LogP contribution is -2.34. The molecule has 1 aliphatic heterocycles. The van der Waals surface area contributed by atoms with Crippen molar-refractivity contribution in [1.82, 2.24) is 5.32 Å². The molecule has 1 heterocycles. The Morgan fingerprint density at radius 1 is 1.46 bits per heavy atom. The van der Waals surface area contributed by atoms with Crippen molar-refractivity contribution in [2.75, 3.05) is 13.2 Å². The van der Waals surface area contributed by atoms with Crippen LogP contribution in [0.15, 0.2) is 17.4 Å². The Bertz CT molecular complexity index is 215. The highest BCUT2D eigenvalue weighted by Gasteiger charge is 2.17. The predicted molar refractivity (Wildman–Crippen MR) is 48.3 cm³/mol. The van der Waals surface area contributed by atoms with Gasteiger partial charge in [0, 0.05) is 24.5 Å². The Hall–Kier alpha value is -0.910. The molecule has 0 saturated heterocycles. The predicted octanol–water partition coefficient (Wildman–Crippen LogP) is -1.39. The number of rotatable bonds is 4. The van der Waals surface area contributed by atoms with E-state index >= 15 is 0 Å². The second-order valence-corrected chi connectivity index (χ2v) is 2.91. The van der Waals surface area contributed by atoms with E-state index in [1.807, 2.05) is 0 Å². The van der Waals surface area contributed by atoms with E-state index in [4.69, 9.17) is 10.2 Å². The summed E-state index contributed by atoms with van der Waals surface area (Å²) < 4.78 is 0. The summed E-state index contributed by atoms with van der Waals surface area (Å²) in [5.74, 6) is 0. The van der Waals surface area contributed by atoms with Crippen molar-refractivity contribution in [3.8, 4) is 0 Å². The highest BCUT2D eigenvalue weighted by atomic mass is 16.4. The van der Waals surface area contributed by atoms with Crippen LogP contribution in [0.4, 0.5) is 0 Å². The Morgan fingerprint density at radius 2 is 2.23 bits per heavy atom. The smallest absolute Gasteiger partial charge is 0.103 e. The van der Waals surface area contributed by atoms with E-state index in [1.54, 1.807) is 12.4 Å². The summed E-state index contributed by atoms with van der Waals surface area (Å²) in [7, 11) is 0. The third-order valence-electron chi connectivity index (χ3n) is 1.83. The Morgan fingerprint density at radius 3 is 2.77 bits per heavy atom. The van der Waals surface area contributed by atoms with Crippen LogP contribution in [0.1, 0.15) is 6.42 Å². The highest BCUT2D eigenvalue weighted by molar-refractivity contribution is 5.88. The number of nitrogens with zero attached hydrogens (tertiary/aromatic N) is 1. The molecule has 0 saturated carbocycles. The Kier molecular flexibility index (Phi) is 3.88. The number of aliphatic imine (C=N–C) groups is 1. The Balaban J connectivity index is 2.38. The lowest BCUT2D eigenvalue weighted by Gasteiger charge is -2.17. The van der Waals surface area contributed by atoms with E-state index in [1.165, 1.54) is 0 Å². The van der Waals surface area contributed by atoms with Gasteiger partial charge in [-0.15, -0.1) is 0 Å². The molecule has 0 amide bonds. The first-order valence-corrected chi connectivity index (χ1v) is 4.15. The number of aliphatic hydroxyl groups is 3. The summed E-state index contributed by atoms with van der Waals surface area (Å²) in [5, 5.41) is 29.9. The van der Waals surface area contributed by atoms with Crippen LogP contribution in [-0.2, 0) is 0 Å². The van der Waals surface area contributed by atoms with Crippen molar-refractivity contribution in [1.29, 1.82) is 0 Å². The quantitative estimate of drug-likeness (QED) is 0.435. The van der Waals surface area contributed by atoms with Crippen molar-refractivity contribution in [2.24, 2.45) is 4.99 Å². The second-order valence-electron chi connectivity index (χ2n) is 2.91. The molecule has 0 radical (unpaired) electrons. The van der Waals surface area contributed by atoms with E-state index in [0.29, 0.717) is 6.54 Å². The van der Waals surface area contributed by atoms with Gasteiger partial charge in [0.2, 0.25) is 0 Å². The minimum absolute atomic E-state index is 0.277. The van der Waals surface area contributed by atoms with Gasteiger partial charge in [-0.2, -0.15) is 0 Å². The maximum absolute atomic E-state index is 9.33. The van der Waals surface area contributed by atoms with Crippen LogP contribution in [0, 0.1) is 0 Å². The van der Waals surface area contributed by atoms with E-state index in [-0.39, 0.29) is 6.42 Å². The van der Waals surface area contributed by atoms with Gasteiger partial charge in [0.15, 0.2) is 0 Å². The summed E-state index contributed by atoms with van der Waals surface area (Å²) in [6, 6.07) is 0. The van der Waals surface area contributed by atoms with Crippen LogP contribution in [0.5, 0.6) is 0 Å². The molecule has 0 bridgehead atoms. The minimum atomic E-state index is -1.09. The third kappa shape index (κ3) is 3.14. The monoisotopic (exact) mass is 186 g/mol. The van der Waals surface area contributed by atoms with Gasteiger partial charge in [0.25, 0.3) is 0 Å². The molecule has 0 aliphatic carbocycles. The summed E-state index contributed by atoms with van der Waals surface area (Å²) in [6.07, 6.45) is 1.54. The Labute approximate surface area is 76.4 Å². The molecule has 74 valence electrons. The number of hydrogen-bond donors (Lipinski definition) is 4. The lowest BCUT2D eigenvalue weighted by atomic mass is 10.1. The van der Waals surface area contributed by atoms with Crippen molar-refractivity contribution in [2.45, 2.75) is 18.6 Å². The maximum atomic E-state index is 9.33. The summed E-state index contributed by atoms with van der Waals surface area (Å²) in [6.45, 7) is 0.142. The van der Waals surface area contributed by atoms with E-state index in [9.17, 15) is 5.11 Å². The largest absolute Gasteiger partial charge is 0.394 e. The molecule has 13 heavy (non-hydrogen) atoms. The van der Waals surface area contributed by atoms with E-state index < -0.39 is 18.8 Å². The summed E-state index contributed by atoms with van der Waals surface area (Å²) >= 11 is 0. The van der Waals surface area contributed by atoms with Gasteiger partial charge in [0.1, 0.15) is 6.10 Å². The fourth-order valence-corrected chi connectivity index (χ4v) is 1.04. The molecule has 2 atom stereocenters. The SMILES string of the molecule is OC[C@@H](O)[C@H](O)CC1=NC=CNC1. The van der Waals surface area contributed by atoms with Crippen LogP contribution >= 0.6 is 0 Å². The fourth-order valence-electron chi connectivity index (χ4n) is 1.04. The summed E-state index contributed by atoms with van der Waals surface area (Å²) in [4.78, 5) is 4.01. The fraction of sp³-hybridized carbons (Fsp3) is 0.625. The second kappa shape index (κ2) is 4.96. The molecule has 0 spiro atoms. The zero-order valence-corrected chi connectivity index (χ0v) is 7.22. The van der Waals surface area contributed by atoms with Crippen molar-refractivity contribution < 1.29 is 15.3 Å². The van der Waals surface area contributed by atoms with Gasteiger partial charge < -0.3 is 20.6 Å². The van der Waals surface area contributed by atoms with Crippen LogP contribution in [0.2, 0.25) is 0 Å². The molecule has 0 unspecified atom stereocenters. The highest BCUT2D eigenvalue weighted by Crippen LogP contribution is 2.02.